The zero-order valence-corrected chi connectivity index (χ0v) is 16.9. The SMILES string of the molecule is O=C(NCc1cccnc1Oc1cccc(F)c1)c1ccc(=O)n(Cc2ccccc2)n1. The zero-order chi connectivity index (χ0) is 22.3. The Morgan fingerprint density at radius 3 is 2.66 bits per heavy atom. The van der Waals surface area contributed by atoms with Crippen molar-refractivity contribution in [3.8, 4) is 11.6 Å². The van der Waals surface area contributed by atoms with Crippen molar-refractivity contribution in [1.29, 1.82) is 0 Å². The third-order valence-electron chi connectivity index (χ3n) is 4.57. The van der Waals surface area contributed by atoms with Crippen LogP contribution < -0.4 is 15.6 Å². The maximum absolute atomic E-state index is 13.4. The summed E-state index contributed by atoms with van der Waals surface area (Å²) in [5, 5.41) is 6.94. The smallest absolute Gasteiger partial charge is 0.271 e. The first-order valence-corrected chi connectivity index (χ1v) is 9.86. The van der Waals surface area contributed by atoms with Crippen molar-refractivity contribution in [2.24, 2.45) is 0 Å². The average Bonchev–Trinajstić information content (AvgIpc) is 2.80. The fraction of sp³-hybridized carbons (Fsp3) is 0.0833. The number of aromatic nitrogens is 3. The van der Waals surface area contributed by atoms with E-state index in [1.165, 1.54) is 35.0 Å². The molecule has 0 unspecified atom stereocenters. The van der Waals surface area contributed by atoms with Gasteiger partial charge < -0.3 is 10.1 Å². The van der Waals surface area contributed by atoms with Gasteiger partial charge in [0.25, 0.3) is 11.5 Å². The molecule has 2 aromatic carbocycles. The van der Waals surface area contributed by atoms with Crippen LogP contribution >= 0.6 is 0 Å². The molecule has 0 fully saturated rings. The molecule has 1 amide bonds. The summed E-state index contributed by atoms with van der Waals surface area (Å²) in [7, 11) is 0. The largest absolute Gasteiger partial charge is 0.439 e. The summed E-state index contributed by atoms with van der Waals surface area (Å²) in [4.78, 5) is 29.0. The quantitative estimate of drug-likeness (QED) is 0.485. The Bertz CT molecular complexity index is 1290. The number of benzene rings is 2. The summed E-state index contributed by atoms with van der Waals surface area (Å²) in [6.45, 7) is 0.367. The molecule has 4 rings (SSSR count). The topological polar surface area (TPSA) is 86.1 Å². The van der Waals surface area contributed by atoms with Crippen LogP contribution in [0.1, 0.15) is 21.6 Å². The minimum absolute atomic E-state index is 0.108. The van der Waals surface area contributed by atoms with Crippen molar-refractivity contribution in [3.63, 3.8) is 0 Å². The van der Waals surface area contributed by atoms with E-state index in [1.54, 1.807) is 24.4 Å². The molecular formula is C24H19FN4O3. The van der Waals surface area contributed by atoms with E-state index in [4.69, 9.17) is 4.74 Å². The van der Waals surface area contributed by atoms with Gasteiger partial charge in [0.15, 0.2) is 0 Å². The van der Waals surface area contributed by atoms with E-state index in [2.05, 4.69) is 15.4 Å². The van der Waals surface area contributed by atoms with Gasteiger partial charge in [-0.05, 0) is 29.8 Å². The highest BCUT2D eigenvalue weighted by Crippen LogP contribution is 2.23. The molecule has 2 heterocycles. The van der Waals surface area contributed by atoms with Crippen LogP contribution in [0.15, 0.2) is 89.9 Å². The number of amides is 1. The Morgan fingerprint density at radius 1 is 1.00 bits per heavy atom. The molecule has 0 saturated carbocycles. The summed E-state index contributed by atoms with van der Waals surface area (Å²) >= 11 is 0. The van der Waals surface area contributed by atoms with Crippen molar-refractivity contribution in [3.05, 3.63) is 118 Å². The highest BCUT2D eigenvalue weighted by Gasteiger charge is 2.12. The Labute approximate surface area is 183 Å². The van der Waals surface area contributed by atoms with Gasteiger partial charge in [-0.15, -0.1) is 0 Å². The van der Waals surface area contributed by atoms with Crippen LogP contribution in [-0.2, 0) is 13.1 Å². The Balaban J connectivity index is 1.46. The molecule has 8 heteroatoms. The lowest BCUT2D eigenvalue weighted by atomic mass is 10.2. The van der Waals surface area contributed by atoms with Crippen molar-refractivity contribution in [2.75, 3.05) is 0 Å². The van der Waals surface area contributed by atoms with Crippen molar-refractivity contribution in [2.45, 2.75) is 13.1 Å². The van der Waals surface area contributed by atoms with E-state index in [-0.39, 0.29) is 30.2 Å². The predicted molar refractivity (Wildman–Crippen MR) is 116 cm³/mol. The molecule has 0 spiro atoms. The third kappa shape index (κ3) is 5.23. The molecule has 32 heavy (non-hydrogen) atoms. The number of nitrogens with one attached hydrogen (secondary N) is 1. The fourth-order valence-corrected chi connectivity index (χ4v) is 3.00. The molecule has 0 aliphatic carbocycles. The summed E-state index contributed by atoms with van der Waals surface area (Å²) in [6.07, 6.45) is 1.54. The number of carbonyl (C=O) groups excluding carboxylic acids is 1. The maximum atomic E-state index is 13.4. The van der Waals surface area contributed by atoms with Crippen LogP contribution in [0.25, 0.3) is 0 Å². The molecule has 1 N–H and O–H groups in total. The lowest BCUT2D eigenvalue weighted by Crippen LogP contribution is -2.29. The van der Waals surface area contributed by atoms with Gasteiger partial charge in [0.1, 0.15) is 17.3 Å². The Morgan fingerprint density at radius 2 is 1.84 bits per heavy atom. The minimum Gasteiger partial charge on any atom is -0.439 e. The second kappa shape index (κ2) is 9.65. The van der Waals surface area contributed by atoms with E-state index >= 15 is 0 Å². The first-order valence-electron chi connectivity index (χ1n) is 9.86. The molecule has 2 aromatic heterocycles. The van der Waals surface area contributed by atoms with E-state index < -0.39 is 11.7 Å². The van der Waals surface area contributed by atoms with Gasteiger partial charge in [-0.1, -0.05) is 42.5 Å². The number of ether oxygens (including phenoxy) is 1. The summed E-state index contributed by atoms with van der Waals surface area (Å²) < 4.78 is 20.3. The van der Waals surface area contributed by atoms with Crippen LogP contribution in [-0.4, -0.2) is 20.7 Å². The van der Waals surface area contributed by atoms with Crippen molar-refractivity contribution >= 4 is 5.91 Å². The van der Waals surface area contributed by atoms with E-state index in [0.717, 1.165) is 5.56 Å². The molecule has 0 atom stereocenters. The zero-order valence-electron chi connectivity index (χ0n) is 16.9. The second-order valence-electron chi connectivity index (χ2n) is 6.91. The van der Waals surface area contributed by atoms with Gasteiger partial charge in [-0.25, -0.2) is 14.1 Å². The molecule has 4 aromatic rings. The van der Waals surface area contributed by atoms with Crippen molar-refractivity contribution in [1.82, 2.24) is 20.1 Å². The van der Waals surface area contributed by atoms with E-state index in [9.17, 15) is 14.0 Å². The number of hydrogen-bond donors (Lipinski definition) is 1. The normalized spacial score (nSPS) is 10.5. The van der Waals surface area contributed by atoms with Crippen LogP contribution in [0.3, 0.4) is 0 Å². The van der Waals surface area contributed by atoms with Gasteiger partial charge >= 0.3 is 0 Å². The summed E-state index contributed by atoms with van der Waals surface area (Å²) in [6, 6.07) is 21.2. The van der Waals surface area contributed by atoms with Gasteiger partial charge in [0.05, 0.1) is 6.54 Å². The monoisotopic (exact) mass is 430 g/mol. The lowest BCUT2D eigenvalue weighted by Gasteiger charge is -2.11. The average molecular weight is 430 g/mol. The highest BCUT2D eigenvalue weighted by atomic mass is 19.1. The van der Waals surface area contributed by atoms with Crippen LogP contribution in [0.5, 0.6) is 11.6 Å². The van der Waals surface area contributed by atoms with E-state index in [1.807, 2.05) is 30.3 Å². The first-order chi connectivity index (χ1) is 15.6. The minimum atomic E-state index is -0.452. The number of halogens is 1. The van der Waals surface area contributed by atoms with Crippen LogP contribution in [0.2, 0.25) is 0 Å². The predicted octanol–water partition coefficient (Wildman–Crippen LogP) is 3.55. The molecular weight excluding hydrogens is 411 g/mol. The van der Waals surface area contributed by atoms with E-state index in [0.29, 0.717) is 11.3 Å². The molecule has 0 saturated heterocycles. The lowest BCUT2D eigenvalue weighted by molar-refractivity contribution is 0.0943. The van der Waals surface area contributed by atoms with Gasteiger partial charge in [0, 0.05) is 30.4 Å². The number of carbonyl (C=O) groups is 1. The standard InChI is InChI=1S/C24H19FN4O3/c25-19-9-4-10-20(14-19)32-24-18(8-5-13-26-24)15-27-23(31)21-11-12-22(30)29(28-21)16-17-6-2-1-3-7-17/h1-14H,15-16H2,(H,27,31). The van der Waals surface area contributed by atoms with Crippen LogP contribution in [0.4, 0.5) is 4.39 Å². The number of nitrogens with zero attached hydrogens (tertiary/aromatic N) is 3. The first kappa shape index (κ1) is 20.9. The Kier molecular flexibility index (Phi) is 6.31. The summed E-state index contributed by atoms with van der Waals surface area (Å²) in [5.41, 5.74) is 1.30. The highest BCUT2D eigenvalue weighted by molar-refractivity contribution is 5.91. The van der Waals surface area contributed by atoms with Crippen LogP contribution in [0, 0.1) is 5.82 Å². The van der Waals surface area contributed by atoms with Gasteiger partial charge in [-0.3, -0.25) is 9.59 Å². The van der Waals surface area contributed by atoms with Crippen molar-refractivity contribution < 1.29 is 13.9 Å². The summed E-state index contributed by atoms with van der Waals surface area (Å²) in [5.74, 6) is -0.330. The molecule has 0 radical (unpaired) electrons. The number of pyridine rings is 1. The molecule has 7 nitrogen and oxygen atoms in total. The third-order valence-corrected chi connectivity index (χ3v) is 4.57. The fourth-order valence-electron chi connectivity index (χ4n) is 3.00. The Hall–Kier alpha value is -4.33. The number of rotatable bonds is 7. The second-order valence-corrected chi connectivity index (χ2v) is 6.91. The van der Waals surface area contributed by atoms with Gasteiger partial charge in [-0.2, -0.15) is 5.10 Å². The maximum Gasteiger partial charge on any atom is 0.271 e. The number of hydrogen-bond acceptors (Lipinski definition) is 5. The molecule has 160 valence electrons. The molecule has 0 aliphatic heterocycles. The van der Waals surface area contributed by atoms with Gasteiger partial charge in [0.2, 0.25) is 5.88 Å². The molecule has 0 aliphatic rings. The molecule has 0 bridgehead atoms.